The molecular weight excluding hydrogens is 432 g/mol. The summed E-state index contributed by atoms with van der Waals surface area (Å²) in [5.41, 5.74) is 3.60. The minimum Gasteiger partial charge on any atom is -0.494 e. The van der Waals surface area contributed by atoms with E-state index in [2.05, 4.69) is 34.7 Å². The molecule has 0 spiro atoms. The zero-order chi connectivity index (χ0) is 22.8. The van der Waals surface area contributed by atoms with Crippen molar-refractivity contribution in [3.63, 3.8) is 0 Å². The zero-order valence-corrected chi connectivity index (χ0v) is 19.1. The topological polar surface area (TPSA) is 70.7 Å². The normalized spacial score (nSPS) is 16.6. The van der Waals surface area contributed by atoms with Crippen LogP contribution in [0, 0.1) is 5.41 Å². The minimum atomic E-state index is -0.373. The number of nitrogens with zero attached hydrogens (tertiary/aromatic N) is 3. The fourth-order valence-electron chi connectivity index (χ4n) is 4.01. The number of ether oxygens (including phenoxy) is 1. The molecule has 2 aliphatic heterocycles. The van der Waals surface area contributed by atoms with Crippen LogP contribution >= 0.6 is 11.8 Å². The molecule has 2 aromatic carbocycles. The first kappa shape index (κ1) is 21.3. The highest BCUT2D eigenvalue weighted by atomic mass is 32.2. The Morgan fingerprint density at radius 1 is 1.15 bits per heavy atom. The van der Waals surface area contributed by atoms with Crippen molar-refractivity contribution >= 4 is 45.7 Å². The predicted octanol–water partition coefficient (Wildman–Crippen LogP) is 5.45. The number of benzene rings is 2. The third-order valence-electron chi connectivity index (χ3n) is 5.78. The molecular formula is C26H24N4O2S. The van der Waals surface area contributed by atoms with Gasteiger partial charge in [0.1, 0.15) is 11.6 Å². The van der Waals surface area contributed by atoms with Crippen LogP contribution in [0.2, 0.25) is 0 Å². The maximum absolute atomic E-state index is 12.6. The summed E-state index contributed by atoms with van der Waals surface area (Å²) in [5, 5.41) is 11.9. The van der Waals surface area contributed by atoms with Gasteiger partial charge in [0.15, 0.2) is 5.17 Å². The lowest BCUT2D eigenvalue weighted by Gasteiger charge is -2.22. The van der Waals surface area contributed by atoms with Crippen molar-refractivity contribution in [1.29, 1.82) is 5.41 Å². The Bertz CT molecular complexity index is 1320. The second-order valence-corrected chi connectivity index (χ2v) is 8.75. The molecule has 3 heterocycles. The van der Waals surface area contributed by atoms with E-state index >= 15 is 0 Å². The number of hydrogen-bond donors (Lipinski definition) is 1. The first-order valence-corrected chi connectivity index (χ1v) is 11.9. The van der Waals surface area contributed by atoms with E-state index in [9.17, 15) is 4.79 Å². The fourth-order valence-corrected chi connectivity index (χ4v) is 4.71. The van der Waals surface area contributed by atoms with Gasteiger partial charge in [-0.05, 0) is 48.1 Å². The number of carbonyl (C=O) groups excluding carboxylic acids is 1. The Kier molecular flexibility index (Phi) is 5.88. The number of fused-ring (bicyclic) bond motifs is 2. The highest BCUT2D eigenvalue weighted by Crippen LogP contribution is 2.29. The van der Waals surface area contributed by atoms with E-state index in [1.165, 1.54) is 17.3 Å². The van der Waals surface area contributed by atoms with Crippen LogP contribution in [0.1, 0.15) is 24.5 Å². The SMILES string of the molecule is CCc1ccc(OCCCn2cc(/C=C3/C(=N)N4C=CSC4=NC3=O)c3ccccc32)cc1. The predicted molar refractivity (Wildman–Crippen MR) is 135 cm³/mol. The second kappa shape index (κ2) is 9.11. The Balaban J connectivity index is 1.34. The third-order valence-corrected chi connectivity index (χ3v) is 6.53. The molecule has 0 atom stereocenters. The molecule has 5 rings (SSSR count). The van der Waals surface area contributed by atoms with Crippen LogP contribution in [0.5, 0.6) is 5.75 Å². The quantitative estimate of drug-likeness (QED) is 0.379. The van der Waals surface area contributed by atoms with Crippen LogP contribution in [0.3, 0.4) is 0 Å². The maximum atomic E-state index is 12.6. The minimum absolute atomic E-state index is 0.158. The number of carbonyl (C=O) groups is 1. The number of thioether (sulfide) groups is 1. The van der Waals surface area contributed by atoms with Gasteiger partial charge in [-0.15, -0.1) is 0 Å². The molecule has 166 valence electrons. The van der Waals surface area contributed by atoms with E-state index in [1.807, 2.05) is 41.9 Å². The summed E-state index contributed by atoms with van der Waals surface area (Å²) >= 11 is 1.35. The lowest BCUT2D eigenvalue weighted by Crippen LogP contribution is -2.35. The lowest BCUT2D eigenvalue weighted by atomic mass is 10.1. The summed E-state index contributed by atoms with van der Waals surface area (Å²) in [6, 6.07) is 16.4. The highest BCUT2D eigenvalue weighted by Gasteiger charge is 2.31. The van der Waals surface area contributed by atoms with E-state index < -0.39 is 0 Å². The molecule has 0 aliphatic carbocycles. The van der Waals surface area contributed by atoms with Crippen molar-refractivity contribution in [3.05, 3.63) is 83.0 Å². The van der Waals surface area contributed by atoms with Crippen LogP contribution in [0.4, 0.5) is 0 Å². The molecule has 0 bridgehead atoms. The zero-order valence-electron chi connectivity index (χ0n) is 18.3. The van der Waals surface area contributed by atoms with Crippen molar-refractivity contribution in [2.24, 2.45) is 4.99 Å². The number of aryl methyl sites for hydroxylation is 2. The molecule has 0 saturated heterocycles. The van der Waals surface area contributed by atoms with E-state index in [1.54, 1.807) is 17.2 Å². The van der Waals surface area contributed by atoms with Crippen LogP contribution in [-0.2, 0) is 17.8 Å². The molecule has 1 aromatic heterocycles. The molecule has 2 aliphatic rings. The van der Waals surface area contributed by atoms with Gasteiger partial charge >= 0.3 is 0 Å². The van der Waals surface area contributed by atoms with E-state index in [4.69, 9.17) is 10.1 Å². The van der Waals surface area contributed by atoms with Gasteiger partial charge in [0.05, 0.1) is 12.2 Å². The average molecular weight is 457 g/mol. The van der Waals surface area contributed by atoms with Gasteiger partial charge in [0.25, 0.3) is 5.91 Å². The van der Waals surface area contributed by atoms with Gasteiger partial charge in [0.2, 0.25) is 0 Å². The summed E-state index contributed by atoms with van der Waals surface area (Å²) in [6.45, 7) is 3.55. The standard InChI is InChI=1S/C26H24N4O2S/c1-2-18-8-10-20(11-9-18)32-14-5-12-29-17-19(21-6-3-4-7-23(21)29)16-22-24(27)30-13-15-33-26(30)28-25(22)31/h3-4,6-11,13,15-17,27H,2,5,12,14H2,1H3/b22-16-,27-24?. The molecule has 7 heteroatoms. The average Bonchev–Trinajstić information content (AvgIpc) is 3.45. The van der Waals surface area contributed by atoms with Crippen molar-refractivity contribution in [2.45, 2.75) is 26.3 Å². The Morgan fingerprint density at radius 3 is 2.79 bits per heavy atom. The van der Waals surface area contributed by atoms with E-state index in [0.29, 0.717) is 17.3 Å². The molecule has 3 aromatic rings. The Hall–Kier alpha value is -3.58. The first-order valence-electron chi connectivity index (χ1n) is 11.0. The van der Waals surface area contributed by atoms with Gasteiger partial charge in [-0.3, -0.25) is 15.1 Å². The van der Waals surface area contributed by atoms with Crippen molar-refractivity contribution in [2.75, 3.05) is 6.61 Å². The summed E-state index contributed by atoms with van der Waals surface area (Å²) in [6.07, 6.45) is 7.47. The molecule has 0 radical (unpaired) electrons. The van der Waals surface area contributed by atoms with Crippen molar-refractivity contribution in [1.82, 2.24) is 9.47 Å². The fraction of sp³-hybridized carbons (Fsp3) is 0.192. The monoisotopic (exact) mass is 456 g/mol. The number of aromatic nitrogens is 1. The van der Waals surface area contributed by atoms with Crippen LogP contribution in [0.25, 0.3) is 17.0 Å². The van der Waals surface area contributed by atoms with Crippen LogP contribution in [-0.4, -0.2) is 33.0 Å². The van der Waals surface area contributed by atoms with Gasteiger partial charge in [0, 0.05) is 35.4 Å². The maximum Gasteiger partial charge on any atom is 0.283 e. The third kappa shape index (κ3) is 4.24. The molecule has 0 saturated carbocycles. The van der Waals surface area contributed by atoms with E-state index in [0.717, 1.165) is 41.6 Å². The number of nitrogens with one attached hydrogen (secondary N) is 1. The smallest absolute Gasteiger partial charge is 0.283 e. The summed E-state index contributed by atoms with van der Waals surface area (Å²) in [5.74, 6) is 0.672. The molecule has 6 nitrogen and oxygen atoms in total. The van der Waals surface area contributed by atoms with Gasteiger partial charge in [-0.25, -0.2) is 0 Å². The lowest BCUT2D eigenvalue weighted by molar-refractivity contribution is -0.114. The number of para-hydroxylation sites is 1. The molecule has 0 fully saturated rings. The van der Waals surface area contributed by atoms with Crippen LogP contribution < -0.4 is 4.74 Å². The molecule has 0 unspecified atom stereocenters. The number of rotatable bonds is 7. The largest absolute Gasteiger partial charge is 0.494 e. The van der Waals surface area contributed by atoms with E-state index in [-0.39, 0.29) is 11.7 Å². The number of amides is 1. The molecule has 1 N–H and O–H groups in total. The first-order chi connectivity index (χ1) is 16.1. The van der Waals surface area contributed by atoms with Gasteiger partial charge in [-0.2, -0.15) is 4.99 Å². The second-order valence-electron chi connectivity index (χ2n) is 7.87. The summed E-state index contributed by atoms with van der Waals surface area (Å²) < 4.78 is 8.09. The molecule has 33 heavy (non-hydrogen) atoms. The Labute approximate surface area is 196 Å². The summed E-state index contributed by atoms with van der Waals surface area (Å²) in [4.78, 5) is 18.4. The van der Waals surface area contributed by atoms with Gasteiger partial charge < -0.3 is 9.30 Å². The van der Waals surface area contributed by atoms with Crippen molar-refractivity contribution in [3.8, 4) is 5.75 Å². The Morgan fingerprint density at radius 2 is 1.97 bits per heavy atom. The number of amidine groups is 2. The number of hydrogen-bond acceptors (Lipinski definition) is 4. The van der Waals surface area contributed by atoms with Crippen LogP contribution in [0.15, 0.2) is 76.9 Å². The highest BCUT2D eigenvalue weighted by molar-refractivity contribution is 8.16. The summed E-state index contributed by atoms with van der Waals surface area (Å²) in [7, 11) is 0. The van der Waals surface area contributed by atoms with Crippen molar-refractivity contribution < 1.29 is 9.53 Å². The molecule has 1 amide bonds. The van der Waals surface area contributed by atoms with Gasteiger partial charge in [-0.1, -0.05) is 49.0 Å². The number of aliphatic imine (C=N–C) groups is 1.